The molecule has 1 heterocycles. The van der Waals surface area contributed by atoms with Crippen LogP contribution in [-0.2, 0) is 0 Å². The molecule has 2 aromatic carbocycles. The van der Waals surface area contributed by atoms with Crippen molar-refractivity contribution >= 4 is 16.6 Å². The van der Waals surface area contributed by atoms with Crippen molar-refractivity contribution in [2.24, 2.45) is 11.8 Å². The van der Waals surface area contributed by atoms with Gasteiger partial charge < -0.3 is 10.1 Å². The first kappa shape index (κ1) is 17.9. The molecule has 0 bridgehead atoms. The third kappa shape index (κ3) is 3.88. The number of hydrogen-bond donors (Lipinski definition) is 1. The lowest BCUT2D eigenvalue weighted by atomic mass is 10.0. The van der Waals surface area contributed by atoms with Crippen LogP contribution in [0.4, 0.5) is 5.69 Å². The van der Waals surface area contributed by atoms with Crippen LogP contribution in [-0.4, -0.2) is 22.8 Å². The number of aromatic nitrogens is 2. The van der Waals surface area contributed by atoms with E-state index in [1.165, 1.54) is 25.7 Å². The molecule has 1 unspecified atom stereocenters. The first-order valence-corrected chi connectivity index (χ1v) is 10.4. The van der Waals surface area contributed by atoms with Gasteiger partial charge >= 0.3 is 0 Å². The quantitative estimate of drug-likeness (QED) is 0.609. The molecule has 29 heavy (non-hydrogen) atoms. The van der Waals surface area contributed by atoms with E-state index in [0.717, 1.165) is 46.0 Å². The van der Waals surface area contributed by atoms with E-state index in [2.05, 4.69) is 46.7 Å². The fraction of sp³-hybridized carbons (Fsp3) is 0.375. The van der Waals surface area contributed by atoms with Crippen molar-refractivity contribution in [1.29, 1.82) is 5.26 Å². The van der Waals surface area contributed by atoms with E-state index in [1.54, 1.807) is 0 Å². The van der Waals surface area contributed by atoms with Gasteiger partial charge in [-0.25, -0.2) is 0 Å². The fourth-order valence-electron chi connectivity index (χ4n) is 3.72. The number of nitriles is 1. The van der Waals surface area contributed by atoms with Crippen molar-refractivity contribution in [3.05, 3.63) is 48.2 Å². The molecule has 2 aliphatic carbocycles. The molecule has 0 saturated heterocycles. The van der Waals surface area contributed by atoms with Crippen molar-refractivity contribution < 1.29 is 4.74 Å². The maximum absolute atomic E-state index is 9.50. The number of benzene rings is 2. The van der Waals surface area contributed by atoms with Gasteiger partial charge in [-0.1, -0.05) is 18.2 Å². The Bertz CT molecular complexity index is 1100. The highest BCUT2D eigenvalue weighted by molar-refractivity contribution is 5.95. The lowest BCUT2D eigenvalue weighted by molar-refractivity contribution is 0.300. The van der Waals surface area contributed by atoms with Crippen LogP contribution < -0.4 is 10.1 Å². The van der Waals surface area contributed by atoms with E-state index in [0.29, 0.717) is 17.7 Å². The normalized spacial score (nSPS) is 17.0. The standard InChI is InChI=1S/C24H24N4O/c1-15(17-7-8-17)26-24-21-10-9-19(12-22(21)27-28-23(24)13-25)18-3-2-4-20(11-18)29-14-16-5-6-16/h2-4,9-12,15-17H,5-8,14H2,1H3,(H,26,27). The van der Waals surface area contributed by atoms with Crippen molar-refractivity contribution in [1.82, 2.24) is 10.2 Å². The molecule has 0 spiro atoms. The molecule has 0 radical (unpaired) electrons. The van der Waals surface area contributed by atoms with Gasteiger partial charge in [0, 0.05) is 11.4 Å². The van der Waals surface area contributed by atoms with Gasteiger partial charge in [-0.05, 0) is 79.8 Å². The molecule has 0 amide bonds. The molecule has 5 nitrogen and oxygen atoms in total. The lowest BCUT2D eigenvalue weighted by Crippen LogP contribution is -2.19. The Morgan fingerprint density at radius 2 is 1.93 bits per heavy atom. The molecule has 0 aliphatic heterocycles. The molecule has 146 valence electrons. The minimum absolute atomic E-state index is 0.328. The summed E-state index contributed by atoms with van der Waals surface area (Å²) in [5.41, 5.74) is 4.09. The largest absolute Gasteiger partial charge is 0.493 e. The van der Waals surface area contributed by atoms with Gasteiger partial charge in [-0.15, -0.1) is 10.2 Å². The zero-order valence-electron chi connectivity index (χ0n) is 16.6. The second-order valence-corrected chi connectivity index (χ2v) is 8.32. The molecular formula is C24H24N4O. The predicted octanol–water partition coefficient (Wildman–Crippen LogP) is 5.17. The summed E-state index contributed by atoms with van der Waals surface area (Å²) >= 11 is 0. The first-order chi connectivity index (χ1) is 14.2. The van der Waals surface area contributed by atoms with Gasteiger partial charge in [0.25, 0.3) is 0 Å². The number of fused-ring (bicyclic) bond motifs is 1. The summed E-state index contributed by atoms with van der Waals surface area (Å²) in [4.78, 5) is 0. The van der Waals surface area contributed by atoms with E-state index in [4.69, 9.17) is 4.74 Å². The third-order valence-corrected chi connectivity index (χ3v) is 5.92. The molecule has 5 heteroatoms. The minimum atomic E-state index is 0.328. The summed E-state index contributed by atoms with van der Waals surface area (Å²) in [6.45, 7) is 2.98. The molecule has 1 atom stereocenters. The number of rotatable bonds is 7. The van der Waals surface area contributed by atoms with E-state index < -0.39 is 0 Å². The SMILES string of the molecule is CC(Nc1c(C#N)nnc2cc(-c3cccc(OCC4CC4)c3)ccc12)C1CC1. The fourth-order valence-corrected chi connectivity index (χ4v) is 3.72. The van der Waals surface area contributed by atoms with E-state index in [9.17, 15) is 5.26 Å². The molecular weight excluding hydrogens is 360 g/mol. The third-order valence-electron chi connectivity index (χ3n) is 5.92. The molecule has 1 aromatic heterocycles. The summed E-state index contributed by atoms with van der Waals surface area (Å²) in [6, 6.07) is 16.9. The molecule has 2 aliphatic rings. The Hall–Kier alpha value is -3.13. The lowest BCUT2D eigenvalue weighted by Gasteiger charge is -2.17. The van der Waals surface area contributed by atoms with Gasteiger partial charge in [-0.2, -0.15) is 5.26 Å². The van der Waals surface area contributed by atoms with Crippen LogP contribution in [0.3, 0.4) is 0 Å². The first-order valence-electron chi connectivity index (χ1n) is 10.4. The Balaban J connectivity index is 1.47. The number of hydrogen-bond acceptors (Lipinski definition) is 5. The summed E-state index contributed by atoms with van der Waals surface area (Å²) in [5.74, 6) is 2.32. The molecule has 1 N–H and O–H groups in total. The van der Waals surface area contributed by atoms with Gasteiger partial charge in [-0.3, -0.25) is 0 Å². The molecule has 2 fully saturated rings. The van der Waals surface area contributed by atoms with Crippen LogP contribution in [0.2, 0.25) is 0 Å². The van der Waals surface area contributed by atoms with Gasteiger partial charge in [0.15, 0.2) is 5.69 Å². The molecule has 5 rings (SSSR count). The van der Waals surface area contributed by atoms with Crippen LogP contribution in [0.5, 0.6) is 5.75 Å². The van der Waals surface area contributed by atoms with Crippen LogP contribution >= 0.6 is 0 Å². The van der Waals surface area contributed by atoms with E-state index >= 15 is 0 Å². The van der Waals surface area contributed by atoms with Gasteiger partial charge in [0.2, 0.25) is 0 Å². The van der Waals surface area contributed by atoms with Crippen molar-refractivity contribution in [2.45, 2.75) is 38.6 Å². The monoisotopic (exact) mass is 384 g/mol. The Labute approximate surface area is 170 Å². The highest BCUT2D eigenvalue weighted by atomic mass is 16.5. The Kier molecular flexibility index (Phi) is 4.55. The van der Waals surface area contributed by atoms with Crippen LogP contribution in [0.25, 0.3) is 22.0 Å². The number of ether oxygens (including phenoxy) is 1. The number of nitrogens with one attached hydrogen (secondary N) is 1. The summed E-state index contributed by atoms with van der Waals surface area (Å²) in [7, 11) is 0. The number of nitrogens with zero attached hydrogens (tertiary/aromatic N) is 3. The van der Waals surface area contributed by atoms with Gasteiger partial charge in [0.1, 0.15) is 11.8 Å². The summed E-state index contributed by atoms with van der Waals surface area (Å²) in [5, 5.41) is 22.4. The molecule has 2 saturated carbocycles. The second-order valence-electron chi connectivity index (χ2n) is 8.32. The topological polar surface area (TPSA) is 70.8 Å². The smallest absolute Gasteiger partial charge is 0.186 e. The minimum Gasteiger partial charge on any atom is -0.493 e. The van der Waals surface area contributed by atoms with Crippen LogP contribution in [0.1, 0.15) is 38.3 Å². The van der Waals surface area contributed by atoms with Crippen LogP contribution in [0.15, 0.2) is 42.5 Å². The van der Waals surface area contributed by atoms with Crippen molar-refractivity contribution in [3.8, 4) is 22.9 Å². The highest BCUT2D eigenvalue weighted by Gasteiger charge is 2.29. The maximum atomic E-state index is 9.50. The zero-order chi connectivity index (χ0) is 19.8. The average Bonchev–Trinajstić information content (AvgIpc) is 3.65. The number of anilines is 1. The van der Waals surface area contributed by atoms with Crippen molar-refractivity contribution in [2.75, 3.05) is 11.9 Å². The van der Waals surface area contributed by atoms with Crippen molar-refractivity contribution in [3.63, 3.8) is 0 Å². The maximum Gasteiger partial charge on any atom is 0.186 e. The predicted molar refractivity (Wildman–Crippen MR) is 114 cm³/mol. The zero-order valence-corrected chi connectivity index (χ0v) is 16.6. The van der Waals surface area contributed by atoms with Gasteiger partial charge in [0.05, 0.1) is 17.8 Å². The van der Waals surface area contributed by atoms with Crippen LogP contribution in [0, 0.1) is 23.2 Å². The van der Waals surface area contributed by atoms with E-state index in [-0.39, 0.29) is 0 Å². The summed E-state index contributed by atoms with van der Waals surface area (Å²) in [6.07, 6.45) is 5.05. The second kappa shape index (κ2) is 7.36. The average molecular weight is 384 g/mol. The van der Waals surface area contributed by atoms with E-state index in [1.807, 2.05) is 24.3 Å². The Morgan fingerprint density at radius 3 is 2.69 bits per heavy atom. The Morgan fingerprint density at radius 1 is 1.10 bits per heavy atom. The highest BCUT2D eigenvalue weighted by Crippen LogP contribution is 2.36. The molecule has 3 aromatic rings. The summed E-state index contributed by atoms with van der Waals surface area (Å²) < 4.78 is 5.93.